The fourth-order valence-electron chi connectivity index (χ4n) is 3.70. The number of nitrogens with zero attached hydrogens (tertiary/aromatic N) is 2. The Morgan fingerprint density at radius 3 is 2.14 bits per heavy atom. The lowest BCUT2D eigenvalue weighted by molar-refractivity contribution is 0.577. The Labute approximate surface area is 164 Å². The average Bonchev–Trinajstić information content (AvgIpc) is 2.72. The number of hydrogen-bond acceptors (Lipinski definition) is 4. The molecule has 5 rings (SSSR count). The summed E-state index contributed by atoms with van der Waals surface area (Å²) in [6, 6.07) is 25.1. The minimum absolute atomic E-state index is 0.628. The van der Waals surface area contributed by atoms with E-state index in [9.17, 15) is 0 Å². The number of aromatic nitrogens is 2. The van der Waals surface area contributed by atoms with Crippen molar-refractivity contribution in [3.05, 3.63) is 84.3 Å². The van der Waals surface area contributed by atoms with Crippen molar-refractivity contribution in [2.24, 2.45) is 5.84 Å². The Morgan fingerprint density at radius 2 is 1.46 bits per heavy atom. The second-order valence-electron chi connectivity index (χ2n) is 7.16. The Hall–Kier alpha value is -3.24. The summed E-state index contributed by atoms with van der Waals surface area (Å²) >= 11 is 0. The van der Waals surface area contributed by atoms with Crippen LogP contribution in [0.1, 0.15) is 24.8 Å². The monoisotopic (exact) mass is 365 g/mol. The van der Waals surface area contributed by atoms with Crippen LogP contribution in [0.5, 0.6) is 0 Å². The van der Waals surface area contributed by atoms with Gasteiger partial charge in [-0.25, -0.2) is 15.8 Å². The van der Waals surface area contributed by atoms with Crippen molar-refractivity contribution < 1.29 is 0 Å². The maximum Gasteiger partial charge on any atom is 0.140 e. The van der Waals surface area contributed by atoms with Crippen molar-refractivity contribution in [2.45, 2.75) is 19.3 Å². The molecule has 2 aromatic heterocycles. The molecule has 0 spiro atoms. The minimum Gasteiger partial charge on any atom is -0.308 e. The molecule has 1 aliphatic carbocycles. The van der Waals surface area contributed by atoms with E-state index in [2.05, 4.69) is 52.9 Å². The second kappa shape index (κ2) is 7.06. The van der Waals surface area contributed by atoms with Crippen LogP contribution in [0.25, 0.3) is 33.4 Å². The fourth-order valence-corrected chi connectivity index (χ4v) is 3.70. The molecule has 28 heavy (non-hydrogen) atoms. The van der Waals surface area contributed by atoms with E-state index in [4.69, 9.17) is 10.8 Å². The molecular weight excluding hydrogens is 344 g/mol. The summed E-state index contributed by atoms with van der Waals surface area (Å²) < 4.78 is 0. The molecule has 0 bridgehead atoms. The molecule has 0 saturated heterocycles. The molecule has 2 heterocycles. The molecule has 1 fully saturated rings. The van der Waals surface area contributed by atoms with Crippen LogP contribution in [0, 0.1) is 5.92 Å². The lowest BCUT2D eigenvalue weighted by Gasteiger charge is -2.25. The van der Waals surface area contributed by atoms with Crippen LogP contribution < -0.4 is 11.3 Å². The quantitative estimate of drug-likeness (QED) is 0.378. The van der Waals surface area contributed by atoms with E-state index in [1.54, 1.807) is 5.92 Å². The molecular formula is C24H21N4. The third kappa shape index (κ3) is 3.02. The van der Waals surface area contributed by atoms with E-state index in [1.807, 2.05) is 30.3 Å². The summed E-state index contributed by atoms with van der Waals surface area (Å²) in [6.45, 7) is 0. The summed E-state index contributed by atoms with van der Waals surface area (Å²) in [4.78, 5) is 9.54. The Morgan fingerprint density at radius 1 is 0.714 bits per heavy atom. The second-order valence-corrected chi connectivity index (χ2v) is 7.16. The van der Waals surface area contributed by atoms with Crippen molar-refractivity contribution in [3.63, 3.8) is 0 Å². The van der Waals surface area contributed by atoms with Crippen molar-refractivity contribution in [2.75, 3.05) is 5.43 Å². The van der Waals surface area contributed by atoms with E-state index in [0.29, 0.717) is 5.82 Å². The van der Waals surface area contributed by atoms with Gasteiger partial charge in [0.25, 0.3) is 0 Å². The molecule has 137 valence electrons. The highest BCUT2D eigenvalue weighted by atomic mass is 15.2. The van der Waals surface area contributed by atoms with E-state index < -0.39 is 0 Å². The fraction of sp³-hybridized carbons (Fsp3) is 0.125. The summed E-state index contributed by atoms with van der Waals surface area (Å²) in [6.07, 6.45) is 3.77. The maximum atomic E-state index is 5.53. The molecule has 0 aliphatic heterocycles. The molecule has 4 aromatic rings. The summed E-state index contributed by atoms with van der Waals surface area (Å²) in [5, 5.41) is 0. The molecule has 1 radical (unpaired) electrons. The van der Waals surface area contributed by atoms with Crippen molar-refractivity contribution in [1.82, 2.24) is 9.97 Å². The Kier molecular flexibility index (Phi) is 4.26. The first kappa shape index (κ1) is 16.9. The molecule has 0 unspecified atom stereocenters. The Balaban J connectivity index is 1.67. The normalized spacial score (nSPS) is 14.0. The van der Waals surface area contributed by atoms with Gasteiger partial charge in [0, 0.05) is 17.0 Å². The number of fused-ring (bicyclic) bond motifs is 1. The zero-order valence-corrected chi connectivity index (χ0v) is 15.5. The van der Waals surface area contributed by atoms with Crippen LogP contribution in [0.3, 0.4) is 0 Å². The molecule has 4 nitrogen and oxygen atoms in total. The number of rotatable bonds is 4. The predicted octanol–water partition coefficient (Wildman–Crippen LogP) is 5.36. The third-order valence-electron chi connectivity index (χ3n) is 5.43. The lowest BCUT2D eigenvalue weighted by atomic mass is 9.80. The van der Waals surface area contributed by atoms with Gasteiger partial charge in [-0.05, 0) is 42.2 Å². The first-order valence-corrected chi connectivity index (χ1v) is 9.61. The van der Waals surface area contributed by atoms with Crippen LogP contribution in [0.2, 0.25) is 0 Å². The topological polar surface area (TPSA) is 63.8 Å². The Bertz CT molecular complexity index is 1120. The number of pyridine rings is 2. The summed E-state index contributed by atoms with van der Waals surface area (Å²) in [7, 11) is 0. The molecule has 2 aromatic carbocycles. The molecule has 0 atom stereocenters. The van der Waals surface area contributed by atoms with Crippen LogP contribution in [-0.2, 0) is 0 Å². The first-order valence-electron chi connectivity index (χ1n) is 9.61. The molecule has 4 heteroatoms. The molecule has 1 aliphatic rings. The number of hydrazine groups is 1. The number of anilines is 1. The lowest BCUT2D eigenvalue weighted by Crippen LogP contribution is -2.09. The van der Waals surface area contributed by atoms with Gasteiger partial charge in [-0.15, -0.1) is 0 Å². The van der Waals surface area contributed by atoms with Gasteiger partial charge < -0.3 is 5.43 Å². The number of nitrogen functional groups attached to an aromatic ring is 1. The predicted molar refractivity (Wildman–Crippen MR) is 114 cm³/mol. The van der Waals surface area contributed by atoms with Gasteiger partial charge in [0.05, 0.1) is 16.7 Å². The third-order valence-corrected chi connectivity index (χ3v) is 5.43. The maximum absolute atomic E-state index is 5.53. The first-order chi connectivity index (χ1) is 13.8. The van der Waals surface area contributed by atoms with Crippen LogP contribution in [-0.4, -0.2) is 9.97 Å². The van der Waals surface area contributed by atoms with Gasteiger partial charge in [0.15, 0.2) is 0 Å². The van der Waals surface area contributed by atoms with Crippen LogP contribution in [0.15, 0.2) is 72.8 Å². The van der Waals surface area contributed by atoms with Gasteiger partial charge in [-0.1, -0.05) is 61.0 Å². The number of hydrogen-bond donors (Lipinski definition) is 2. The highest BCUT2D eigenvalue weighted by molar-refractivity contribution is 5.90. The van der Waals surface area contributed by atoms with Crippen LogP contribution in [0.4, 0.5) is 5.82 Å². The number of nitrogens with two attached hydrogens (primary N) is 1. The van der Waals surface area contributed by atoms with Crippen molar-refractivity contribution in [3.8, 4) is 22.4 Å². The van der Waals surface area contributed by atoms with Crippen LogP contribution >= 0.6 is 0 Å². The summed E-state index contributed by atoms with van der Waals surface area (Å²) in [5.41, 5.74) is 9.92. The molecule has 1 saturated carbocycles. The van der Waals surface area contributed by atoms with E-state index >= 15 is 0 Å². The number of benzene rings is 2. The zero-order chi connectivity index (χ0) is 18.9. The van der Waals surface area contributed by atoms with E-state index in [1.165, 1.54) is 24.8 Å². The zero-order valence-electron chi connectivity index (χ0n) is 15.5. The minimum atomic E-state index is 0.628. The van der Waals surface area contributed by atoms with Gasteiger partial charge >= 0.3 is 0 Å². The summed E-state index contributed by atoms with van der Waals surface area (Å²) in [5.74, 6) is 7.72. The largest absolute Gasteiger partial charge is 0.308 e. The average molecular weight is 365 g/mol. The van der Waals surface area contributed by atoms with Crippen molar-refractivity contribution >= 4 is 16.9 Å². The van der Waals surface area contributed by atoms with Gasteiger partial charge in [0.2, 0.25) is 0 Å². The highest BCUT2D eigenvalue weighted by Crippen LogP contribution is 2.37. The number of nitrogens with one attached hydrogen (secondary N) is 1. The molecule has 0 amide bonds. The van der Waals surface area contributed by atoms with Crippen molar-refractivity contribution in [1.29, 1.82) is 0 Å². The van der Waals surface area contributed by atoms with E-state index in [0.717, 1.165) is 33.4 Å². The van der Waals surface area contributed by atoms with E-state index in [-0.39, 0.29) is 0 Å². The SMILES string of the molecule is NNc1ccc2nc(-c3ccc([C]4CCC4)cc3)c(-c3ccccc3)cc2n1. The highest BCUT2D eigenvalue weighted by Gasteiger charge is 2.20. The standard InChI is InChI=1S/C24H21N4/c25-28-23-14-13-21-22(26-23)15-20(18-5-2-1-3-6-18)24(27-21)19-11-9-17(10-12-19)16-7-4-8-16/h1-3,5-6,9-15H,4,7-8,25H2,(H,26,28). The van der Waals surface area contributed by atoms with Gasteiger partial charge in [-0.3, -0.25) is 0 Å². The smallest absolute Gasteiger partial charge is 0.140 e. The van der Waals surface area contributed by atoms with Gasteiger partial charge in [-0.2, -0.15) is 0 Å². The molecule has 3 N–H and O–H groups in total. The van der Waals surface area contributed by atoms with Gasteiger partial charge in [0.1, 0.15) is 5.82 Å².